The van der Waals surface area contributed by atoms with Gasteiger partial charge in [-0.15, -0.1) is 0 Å². The molecule has 2 N–H and O–H groups in total. The maximum Gasteiger partial charge on any atom is 0.248 e. The Labute approximate surface area is 232 Å². The van der Waals surface area contributed by atoms with Gasteiger partial charge >= 0.3 is 0 Å². The van der Waals surface area contributed by atoms with E-state index in [2.05, 4.69) is 20.6 Å². The molecule has 3 aromatic carbocycles. The van der Waals surface area contributed by atoms with E-state index in [1.165, 1.54) is 24.5 Å². The summed E-state index contributed by atoms with van der Waals surface area (Å²) in [6.45, 7) is 1.04. The lowest BCUT2D eigenvalue weighted by Crippen LogP contribution is -2.18. The summed E-state index contributed by atoms with van der Waals surface area (Å²) in [5.41, 5.74) is 2.12. The van der Waals surface area contributed by atoms with Crippen LogP contribution in [0.15, 0.2) is 60.9 Å². The number of aromatic nitrogens is 2. The van der Waals surface area contributed by atoms with Crippen LogP contribution in [0.1, 0.15) is 12.0 Å². The van der Waals surface area contributed by atoms with E-state index in [1.54, 1.807) is 42.5 Å². The van der Waals surface area contributed by atoms with Crippen LogP contribution < -0.4 is 15.4 Å². The highest BCUT2D eigenvalue weighted by Crippen LogP contribution is 2.35. The number of nitrogens with one attached hydrogen (secondary N) is 2. The number of nitrogens with zero attached hydrogens (tertiary/aromatic N) is 2. The van der Waals surface area contributed by atoms with Crippen molar-refractivity contribution in [2.24, 2.45) is 0 Å². The number of carbonyl (C=O) groups is 1. The van der Waals surface area contributed by atoms with E-state index < -0.39 is 11.7 Å². The first-order chi connectivity index (χ1) is 18.4. The van der Waals surface area contributed by atoms with Crippen LogP contribution >= 0.6 is 34.8 Å². The van der Waals surface area contributed by atoms with Crippen molar-refractivity contribution in [2.75, 3.05) is 23.8 Å². The zero-order valence-electron chi connectivity index (χ0n) is 19.7. The summed E-state index contributed by atoms with van der Waals surface area (Å²) in [5, 5.41) is 7.31. The fourth-order valence-electron chi connectivity index (χ4n) is 3.86. The van der Waals surface area contributed by atoms with Crippen molar-refractivity contribution in [3.63, 3.8) is 0 Å². The summed E-state index contributed by atoms with van der Waals surface area (Å²) < 4.78 is 25.2. The van der Waals surface area contributed by atoms with E-state index in [9.17, 15) is 9.18 Å². The van der Waals surface area contributed by atoms with Gasteiger partial charge in [-0.25, -0.2) is 14.4 Å². The summed E-state index contributed by atoms with van der Waals surface area (Å²) in [4.78, 5) is 21.6. The molecule has 0 saturated carbocycles. The smallest absolute Gasteiger partial charge is 0.248 e. The molecular formula is C27H20Cl3FN4O3. The van der Waals surface area contributed by atoms with Gasteiger partial charge in [0.15, 0.2) is 0 Å². The second kappa shape index (κ2) is 11.5. The molecule has 2 heterocycles. The molecule has 1 aliphatic rings. The molecule has 1 saturated heterocycles. The van der Waals surface area contributed by atoms with Crippen molar-refractivity contribution in [1.29, 1.82) is 0 Å². The van der Waals surface area contributed by atoms with E-state index in [1.807, 2.05) is 0 Å². The molecule has 1 aliphatic heterocycles. The SMILES string of the molecule is O=C(/C=C/c1cccc(Cl)c1Cl)Nc1cc2c(Nc3ccc(F)c(Cl)c3)ncnc2cc1O[C@H]1CCOC1. The van der Waals surface area contributed by atoms with E-state index >= 15 is 0 Å². The molecule has 0 radical (unpaired) electrons. The first-order valence-electron chi connectivity index (χ1n) is 11.6. The normalized spacial score (nSPS) is 15.2. The van der Waals surface area contributed by atoms with Crippen LogP contribution in [0.3, 0.4) is 0 Å². The van der Waals surface area contributed by atoms with Crippen LogP contribution in [0.2, 0.25) is 15.1 Å². The van der Waals surface area contributed by atoms with Crippen molar-refractivity contribution in [2.45, 2.75) is 12.5 Å². The first-order valence-corrected chi connectivity index (χ1v) is 12.7. The topological polar surface area (TPSA) is 85.4 Å². The second-order valence-corrected chi connectivity index (χ2v) is 9.60. The van der Waals surface area contributed by atoms with Gasteiger partial charge in [0.05, 0.1) is 39.5 Å². The molecule has 38 heavy (non-hydrogen) atoms. The van der Waals surface area contributed by atoms with Crippen molar-refractivity contribution in [1.82, 2.24) is 9.97 Å². The lowest BCUT2D eigenvalue weighted by Gasteiger charge is -2.17. The third kappa shape index (κ3) is 6.00. The number of anilines is 3. The quantitative estimate of drug-likeness (QED) is 0.226. The van der Waals surface area contributed by atoms with E-state index in [0.29, 0.717) is 62.7 Å². The zero-order valence-corrected chi connectivity index (χ0v) is 21.9. The van der Waals surface area contributed by atoms with Crippen LogP contribution in [-0.4, -0.2) is 35.2 Å². The highest BCUT2D eigenvalue weighted by Gasteiger charge is 2.21. The van der Waals surface area contributed by atoms with Gasteiger partial charge in [-0.2, -0.15) is 0 Å². The number of fused-ring (bicyclic) bond motifs is 1. The minimum atomic E-state index is -0.528. The maximum atomic E-state index is 13.6. The molecule has 0 bridgehead atoms. The third-order valence-corrected chi connectivity index (χ3v) is 6.88. The summed E-state index contributed by atoms with van der Waals surface area (Å²) in [7, 11) is 0. The predicted octanol–water partition coefficient (Wildman–Crippen LogP) is 7.29. The lowest BCUT2D eigenvalue weighted by molar-refractivity contribution is -0.111. The van der Waals surface area contributed by atoms with Crippen molar-refractivity contribution >= 4 is 74.9 Å². The maximum absolute atomic E-state index is 13.6. The minimum Gasteiger partial charge on any atom is -0.486 e. The second-order valence-electron chi connectivity index (χ2n) is 8.41. The zero-order chi connectivity index (χ0) is 26.6. The summed E-state index contributed by atoms with van der Waals surface area (Å²) in [5.74, 6) is -0.0701. The Bertz CT molecular complexity index is 1540. The molecule has 0 aliphatic carbocycles. The number of ether oxygens (including phenoxy) is 2. The highest BCUT2D eigenvalue weighted by atomic mass is 35.5. The van der Waals surface area contributed by atoms with Gasteiger partial charge in [0.25, 0.3) is 0 Å². The predicted molar refractivity (Wildman–Crippen MR) is 148 cm³/mol. The third-order valence-electron chi connectivity index (χ3n) is 5.75. The molecule has 11 heteroatoms. The average Bonchev–Trinajstić information content (AvgIpc) is 3.41. The minimum absolute atomic E-state index is 0.0256. The van der Waals surface area contributed by atoms with E-state index in [4.69, 9.17) is 44.3 Å². The Balaban J connectivity index is 1.48. The summed E-state index contributed by atoms with van der Waals surface area (Å²) in [6.07, 6.45) is 4.88. The Morgan fingerprint density at radius 1 is 1.11 bits per heavy atom. The molecule has 0 spiro atoms. The molecule has 5 rings (SSSR count). The Hall–Kier alpha value is -3.43. The lowest BCUT2D eigenvalue weighted by atomic mass is 10.1. The van der Waals surface area contributed by atoms with Crippen LogP contribution in [0.5, 0.6) is 5.75 Å². The summed E-state index contributed by atoms with van der Waals surface area (Å²) >= 11 is 18.2. The average molecular weight is 574 g/mol. The number of rotatable bonds is 7. The molecule has 4 aromatic rings. The molecular weight excluding hydrogens is 554 g/mol. The number of benzene rings is 3. The van der Waals surface area contributed by atoms with Gasteiger partial charge in [-0.3, -0.25) is 4.79 Å². The van der Waals surface area contributed by atoms with E-state index in [0.717, 1.165) is 6.42 Å². The number of halogens is 4. The van der Waals surface area contributed by atoms with E-state index in [-0.39, 0.29) is 11.1 Å². The molecule has 1 amide bonds. The van der Waals surface area contributed by atoms with Gasteiger partial charge in [0, 0.05) is 29.6 Å². The fraction of sp³-hybridized carbons (Fsp3) is 0.148. The van der Waals surface area contributed by atoms with Crippen LogP contribution in [0.25, 0.3) is 17.0 Å². The standard InChI is InChI=1S/C27H20Cl3FN4O3/c28-19-3-1-2-15(26(19)30)4-7-25(36)35-23-11-18-22(12-24(23)38-17-8-9-37-13-17)32-14-33-27(18)34-16-5-6-21(31)20(29)10-16/h1-7,10-12,14,17H,8-9,13H2,(H,35,36)(H,32,33,34)/b7-4+/t17-/m0/s1. The largest absolute Gasteiger partial charge is 0.486 e. The van der Waals surface area contributed by atoms with Gasteiger partial charge < -0.3 is 20.1 Å². The molecule has 194 valence electrons. The van der Waals surface area contributed by atoms with Crippen LogP contribution in [0, 0.1) is 5.82 Å². The van der Waals surface area contributed by atoms with Gasteiger partial charge in [0.1, 0.15) is 29.8 Å². The van der Waals surface area contributed by atoms with Crippen molar-refractivity contribution in [3.8, 4) is 5.75 Å². The number of carbonyl (C=O) groups excluding carboxylic acids is 1. The first kappa shape index (κ1) is 26.2. The molecule has 0 unspecified atom stereocenters. The molecule has 7 nitrogen and oxygen atoms in total. The van der Waals surface area contributed by atoms with Crippen molar-refractivity contribution < 1.29 is 18.7 Å². The Morgan fingerprint density at radius 2 is 1.97 bits per heavy atom. The summed E-state index contributed by atoms with van der Waals surface area (Å²) in [6, 6.07) is 12.9. The monoisotopic (exact) mass is 572 g/mol. The molecule has 1 atom stereocenters. The van der Waals surface area contributed by atoms with Crippen LogP contribution in [0.4, 0.5) is 21.6 Å². The van der Waals surface area contributed by atoms with Crippen LogP contribution in [-0.2, 0) is 9.53 Å². The number of amides is 1. The molecule has 1 fully saturated rings. The van der Waals surface area contributed by atoms with Gasteiger partial charge in [-0.05, 0) is 42.0 Å². The highest BCUT2D eigenvalue weighted by molar-refractivity contribution is 6.43. The Kier molecular flexibility index (Phi) is 7.95. The number of hydrogen-bond donors (Lipinski definition) is 2. The molecule has 1 aromatic heterocycles. The van der Waals surface area contributed by atoms with Crippen molar-refractivity contribution in [3.05, 3.63) is 87.4 Å². The van der Waals surface area contributed by atoms with Gasteiger partial charge in [-0.1, -0.05) is 46.9 Å². The van der Waals surface area contributed by atoms with Gasteiger partial charge in [0.2, 0.25) is 5.91 Å². The Morgan fingerprint density at radius 3 is 2.76 bits per heavy atom. The fourth-order valence-corrected chi connectivity index (χ4v) is 4.42. The number of hydrogen-bond acceptors (Lipinski definition) is 6.